The van der Waals surface area contributed by atoms with Crippen molar-refractivity contribution in [1.29, 1.82) is 0 Å². The van der Waals surface area contributed by atoms with E-state index >= 15 is 0 Å². The Morgan fingerprint density at radius 3 is 2.71 bits per heavy atom. The lowest BCUT2D eigenvalue weighted by molar-refractivity contribution is -0.165. The monoisotopic (exact) mass is 325 g/mol. The summed E-state index contributed by atoms with van der Waals surface area (Å²) >= 11 is 0. The van der Waals surface area contributed by atoms with E-state index in [2.05, 4.69) is 0 Å². The summed E-state index contributed by atoms with van der Waals surface area (Å²) in [7, 11) is -5.93. The molecule has 118 valence electrons. The van der Waals surface area contributed by atoms with Crippen LogP contribution in [0.3, 0.4) is 0 Å². The summed E-state index contributed by atoms with van der Waals surface area (Å²) in [4.78, 5) is 22.9. The first-order valence-corrected chi connectivity index (χ1v) is 7.74. The van der Waals surface area contributed by atoms with Gasteiger partial charge in [-0.1, -0.05) is 0 Å². The molecule has 21 heavy (non-hydrogen) atoms. The van der Waals surface area contributed by atoms with Crippen LogP contribution in [0.15, 0.2) is 0 Å². The molecule has 7 nitrogen and oxygen atoms in total. The largest absolute Gasteiger partial charge is 0.743 e. The quantitative estimate of drug-likeness (QED) is 0.529. The lowest BCUT2D eigenvalue weighted by atomic mass is 9.88. The Bertz CT molecular complexity index is 602. The van der Waals surface area contributed by atoms with Crippen LogP contribution in [0.1, 0.15) is 19.3 Å². The van der Waals surface area contributed by atoms with Crippen LogP contribution in [0.4, 0.5) is 8.78 Å². The predicted octanol–water partition coefficient (Wildman–Crippen LogP) is 0.00770. The average molecular weight is 325 g/mol. The average Bonchev–Trinajstić information content (AvgIpc) is 2.91. The molecule has 5 atom stereocenters. The molecule has 3 rings (SSSR count). The van der Waals surface area contributed by atoms with Crippen molar-refractivity contribution in [2.24, 2.45) is 17.8 Å². The topological polar surface area (TPSA) is 110 Å². The van der Waals surface area contributed by atoms with Gasteiger partial charge in [0.25, 0.3) is 0 Å². The molecule has 0 radical (unpaired) electrons. The van der Waals surface area contributed by atoms with E-state index in [9.17, 15) is 31.3 Å². The van der Waals surface area contributed by atoms with Crippen molar-refractivity contribution in [2.45, 2.75) is 36.7 Å². The fourth-order valence-electron chi connectivity index (χ4n) is 3.51. The van der Waals surface area contributed by atoms with Crippen molar-refractivity contribution < 1.29 is 40.8 Å². The first-order valence-electron chi connectivity index (χ1n) is 6.33. The maximum atomic E-state index is 13.0. The molecule has 3 fully saturated rings. The summed E-state index contributed by atoms with van der Waals surface area (Å²) in [5.41, 5.74) is 0. The Kier molecular flexibility index (Phi) is 3.04. The number of ether oxygens (including phenoxy) is 2. The fraction of sp³-hybridized carbons (Fsp3) is 0.818. The van der Waals surface area contributed by atoms with Gasteiger partial charge in [-0.25, -0.2) is 8.42 Å². The van der Waals surface area contributed by atoms with Gasteiger partial charge in [0.15, 0.2) is 10.1 Å². The highest BCUT2D eigenvalue weighted by atomic mass is 32.2. The summed E-state index contributed by atoms with van der Waals surface area (Å²) in [6.45, 7) is 0. The van der Waals surface area contributed by atoms with Crippen molar-refractivity contribution in [3.05, 3.63) is 0 Å². The number of hydrogen-bond donors (Lipinski definition) is 0. The summed E-state index contributed by atoms with van der Waals surface area (Å²) < 4.78 is 67.0. The predicted molar refractivity (Wildman–Crippen MR) is 58.7 cm³/mol. The first-order chi connectivity index (χ1) is 9.60. The van der Waals surface area contributed by atoms with E-state index in [1.165, 1.54) is 0 Å². The number of fused-ring (bicyclic) bond motifs is 1. The summed E-state index contributed by atoms with van der Waals surface area (Å²) in [6, 6.07) is 0. The summed E-state index contributed by atoms with van der Waals surface area (Å²) in [5, 5.41) is -4.71. The van der Waals surface area contributed by atoms with Crippen LogP contribution in [0.5, 0.6) is 0 Å². The molecule has 2 aliphatic carbocycles. The highest BCUT2D eigenvalue weighted by molar-refractivity contribution is 7.86. The molecule has 10 heteroatoms. The molecule has 1 heterocycles. The molecule has 0 spiro atoms. The van der Waals surface area contributed by atoms with Gasteiger partial charge in [0.1, 0.15) is 18.6 Å². The highest BCUT2D eigenvalue weighted by Crippen LogP contribution is 2.55. The van der Waals surface area contributed by atoms with Gasteiger partial charge in [-0.15, -0.1) is 0 Å². The summed E-state index contributed by atoms with van der Waals surface area (Å²) in [6.07, 6.45) is -2.25. The normalized spacial score (nSPS) is 37.7. The second-order valence-corrected chi connectivity index (χ2v) is 7.13. The molecule has 3 aliphatic rings. The van der Waals surface area contributed by atoms with Crippen LogP contribution in [0.2, 0.25) is 0 Å². The molecule has 0 aromatic rings. The minimum atomic E-state index is -5.93. The van der Waals surface area contributed by atoms with Gasteiger partial charge in [-0.3, -0.25) is 9.59 Å². The van der Waals surface area contributed by atoms with Crippen LogP contribution >= 0.6 is 0 Å². The molecule has 2 bridgehead atoms. The number of alkyl halides is 2. The Morgan fingerprint density at radius 1 is 1.43 bits per heavy atom. The third kappa shape index (κ3) is 2.20. The highest BCUT2D eigenvalue weighted by Gasteiger charge is 2.63. The Labute approximate surface area is 118 Å². The van der Waals surface area contributed by atoms with Gasteiger partial charge in [0, 0.05) is 11.8 Å². The lowest BCUT2D eigenvalue weighted by Crippen LogP contribution is -2.38. The maximum Gasteiger partial charge on any atom is 0.344 e. The Balaban J connectivity index is 1.66. The van der Waals surface area contributed by atoms with Crippen molar-refractivity contribution in [3.8, 4) is 0 Å². The number of esters is 2. The molecule has 0 N–H and O–H groups in total. The fourth-order valence-corrected chi connectivity index (χ4v) is 3.81. The zero-order valence-corrected chi connectivity index (χ0v) is 11.3. The van der Waals surface area contributed by atoms with Crippen LogP contribution in [-0.4, -0.2) is 42.4 Å². The van der Waals surface area contributed by atoms with Crippen molar-refractivity contribution >= 4 is 22.1 Å². The second-order valence-electron chi connectivity index (χ2n) is 5.63. The molecule has 5 unspecified atom stereocenters. The van der Waals surface area contributed by atoms with Gasteiger partial charge >= 0.3 is 17.2 Å². The molecular formula is C11H11F2O7S-. The SMILES string of the molecule is O=C(CC(F)(F)S(=O)(=O)[O-])OC1C2CC3C(=O)OC1C3C2. The third-order valence-corrected chi connectivity index (χ3v) is 5.27. The van der Waals surface area contributed by atoms with E-state index in [0.29, 0.717) is 12.8 Å². The van der Waals surface area contributed by atoms with Crippen LogP contribution in [0, 0.1) is 17.8 Å². The minimum Gasteiger partial charge on any atom is -0.743 e. The van der Waals surface area contributed by atoms with Crippen LogP contribution in [0.25, 0.3) is 0 Å². The Morgan fingerprint density at radius 2 is 2.10 bits per heavy atom. The molecule has 0 amide bonds. The van der Waals surface area contributed by atoms with Crippen molar-refractivity contribution in [2.75, 3.05) is 0 Å². The molecule has 1 saturated heterocycles. The molecule has 0 aromatic carbocycles. The van der Waals surface area contributed by atoms with E-state index in [1.807, 2.05) is 0 Å². The standard InChI is InChI=1S/C11H12F2O7S/c12-11(13,21(16,17)18)3-7(14)19-8-4-1-5-6(2-4)10(15)20-9(5)8/h4-6,8-9H,1-3H2,(H,16,17,18)/p-1. The number of halogens is 2. The summed E-state index contributed by atoms with van der Waals surface area (Å²) in [5.74, 6) is -2.32. The lowest BCUT2D eigenvalue weighted by Gasteiger charge is -2.26. The molecule has 1 aliphatic heterocycles. The number of hydrogen-bond acceptors (Lipinski definition) is 7. The van der Waals surface area contributed by atoms with E-state index in [-0.39, 0.29) is 23.7 Å². The molecular weight excluding hydrogens is 314 g/mol. The van der Waals surface area contributed by atoms with Gasteiger partial charge in [-0.05, 0) is 12.8 Å². The second kappa shape index (κ2) is 4.35. The zero-order chi connectivity index (χ0) is 15.6. The van der Waals surface area contributed by atoms with Crippen molar-refractivity contribution in [3.63, 3.8) is 0 Å². The van der Waals surface area contributed by atoms with E-state index in [1.54, 1.807) is 0 Å². The van der Waals surface area contributed by atoms with Crippen LogP contribution < -0.4 is 0 Å². The molecule has 2 saturated carbocycles. The van der Waals surface area contributed by atoms with E-state index < -0.39 is 40.0 Å². The number of carbonyl (C=O) groups is 2. The third-order valence-electron chi connectivity index (χ3n) is 4.40. The van der Waals surface area contributed by atoms with Crippen LogP contribution in [-0.2, 0) is 29.2 Å². The van der Waals surface area contributed by atoms with E-state index in [0.717, 1.165) is 0 Å². The van der Waals surface area contributed by atoms with Gasteiger partial charge in [0.05, 0.1) is 5.92 Å². The van der Waals surface area contributed by atoms with Gasteiger partial charge < -0.3 is 14.0 Å². The van der Waals surface area contributed by atoms with Gasteiger partial charge in [-0.2, -0.15) is 8.78 Å². The zero-order valence-electron chi connectivity index (χ0n) is 10.5. The minimum absolute atomic E-state index is 0.0796. The molecule has 0 aromatic heterocycles. The smallest absolute Gasteiger partial charge is 0.344 e. The maximum absolute atomic E-state index is 13.0. The first kappa shape index (κ1) is 14.6. The van der Waals surface area contributed by atoms with Crippen molar-refractivity contribution in [1.82, 2.24) is 0 Å². The van der Waals surface area contributed by atoms with Gasteiger partial charge in [0.2, 0.25) is 0 Å². The number of carbonyl (C=O) groups excluding carboxylic acids is 2. The Hall–Kier alpha value is -1.29. The number of rotatable bonds is 4. The van der Waals surface area contributed by atoms with E-state index in [4.69, 9.17) is 9.47 Å².